The Morgan fingerprint density at radius 1 is 1.33 bits per heavy atom. The molecule has 2 N–H and O–H groups in total. The summed E-state index contributed by atoms with van der Waals surface area (Å²) in [5.74, 6) is 0. The summed E-state index contributed by atoms with van der Waals surface area (Å²) >= 11 is 0. The van der Waals surface area contributed by atoms with Gasteiger partial charge < -0.3 is 15.3 Å². The molecule has 5 nitrogen and oxygen atoms in total. The van der Waals surface area contributed by atoms with Crippen LogP contribution in [0.25, 0.3) is 0 Å². The van der Waals surface area contributed by atoms with Crippen molar-refractivity contribution in [3.05, 3.63) is 35.4 Å². The summed E-state index contributed by atoms with van der Waals surface area (Å²) in [4.78, 5) is 14.1. The third-order valence-electron chi connectivity index (χ3n) is 3.58. The highest BCUT2D eigenvalue weighted by Gasteiger charge is 2.31. The molecule has 1 aliphatic carbocycles. The van der Waals surface area contributed by atoms with Crippen molar-refractivity contribution in [1.82, 2.24) is 10.2 Å². The summed E-state index contributed by atoms with van der Waals surface area (Å²) in [6, 6.07) is 9.61. The summed E-state index contributed by atoms with van der Waals surface area (Å²) in [6.45, 7) is 1.34. The second kappa shape index (κ2) is 7.65. The van der Waals surface area contributed by atoms with Crippen molar-refractivity contribution < 1.29 is 9.90 Å². The molecular formula is C16H21N3O2. The number of urea groups is 1. The third-order valence-corrected chi connectivity index (χ3v) is 3.58. The normalized spacial score (nSPS) is 13.5. The number of carbonyl (C=O) groups excluding carboxylic acids is 1. The first kappa shape index (κ1) is 15.3. The van der Waals surface area contributed by atoms with Crippen molar-refractivity contribution in [2.45, 2.75) is 38.3 Å². The maximum absolute atomic E-state index is 12.2. The predicted octanol–water partition coefficient (Wildman–Crippen LogP) is 2.00. The molecule has 112 valence electrons. The van der Waals surface area contributed by atoms with E-state index in [0.29, 0.717) is 24.7 Å². The molecule has 0 unspecified atom stereocenters. The minimum atomic E-state index is -0.0419. The molecule has 1 aromatic rings. The molecular weight excluding hydrogens is 266 g/mol. The summed E-state index contributed by atoms with van der Waals surface area (Å²) in [5.41, 5.74) is 1.60. The zero-order valence-electron chi connectivity index (χ0n) is 12.1. The van der Waals surface area contributed by atoms with E-state index in [4.69, 9.17) is 10.4 Å². The third kappa shape index (κ3) is 4.76. The first-order valence-electron chi connectivity index (χ1n) is 7.39. The molecule has 0 spiro atoms. The van der Waals surface area contributed by atoms with Gasteiger partial charge in [-0.15, -0.1) is 0 Å². The van der Waals surface area contributed by atoms with Gasteiger partial charge in [0.25, 0.3) is 0 Å². The highest BCUT2D eigenvalue weighted by atomic mass is 16.3. The van der Waals surface area contributed by atoms with E-state index in [0.717, 1.165) is 31.2 Å². The Morgan fingerprint density at radius 2 is 2.05 bits per heavy atom. The smallest absolute Gasteiger partial charge is 0.317 e. The van der Waals surface area contributed by atoms with Gasteiger partial charge in [-0.1, -0.05) is 12.1 Å². The number of rotatable bonds is 7. The fraction of sp³-hybridized carbons (Fsp3) is 0.500. The first-order valence-corrected chi connectivity index (χ1v) is 7.39. The van der Waals surface area contributed by atoms with E-state index < -0.39 is 0 Å². The minimum Gasteiger partial charge on any atom is -0.396 e. The van der Waals surface area contributed by atoms with Crippen LogP contribution in [-0.4, -0.2) is 35.2 Å². The Labute approximate surface area is 125 Å². The van der Waals surface area contributed by atoms with Crippen LogP contribution in [0.1, 0.15) is 36.8 Å². The van der Waals surface area contributed by atoms with Gasteiger partial charge in [-0.25, -0.2) is 4.79 Å². The van der Waals surface area contributed by atoms with Crippen molar-refractivity contribution in [3.8, 4) is 6.07 Å². The minimum absolute atomic E-state index is 0.0419. The second-order valence-corrected chi connectivity index (χ2v) is 5.32. The number of nitrogens with one attached hydrogen (secondary N) is 1. The number of aliphatic hydroxyl groups is 1. The van der Waals surface area contributed by atoms with Crippen molar-refractivity contribution in [3.63, 3.8) is 0 Å². The van der Waals surface area contributed by atoms with E-state index in [1.807, 2.05) is 17.0 Å². The molecule has 0 aromatic heterocycles. The van der Waals surface area contributed by atoms with E-state index in [1.165, 1.54) is 0 Å². The quantitative estimate of drug-likeness (QED) is 0.753. The lowest BCUT2D eigenvalue weighted by Crippen LogP contribution is -2.41. The molecule has 0 bridgehead atoms. The molecule has 1 aliphatic rings. The molecule has 0 heterocycles. The molecule has 1 saturated carbocycles. The van der Waals surface area contributed by atoms with E-state index in [-0.39, 0.29) is 12.6 Å². The van der Waals surface area contributed by atoms with E-state index in [1.54, 1.807) is 12.1 Å². The zero-order chi connectivity index (χ0) is 15.1. The highest BCUT2D eigenvalue weighted by Crippen LogP contribution is 2.27. The Kier molecular flexibility index (Phi) is 5.59. The number of hydrogen-bond acceptors (Lipinski definition) is 3. The number of carbonyl (C=O) groups is 1. The highest BCUT2D eigenvalue weighted by molar-refractivity contribution is 5.74. The Bertz CT molecular complexity index is 503. The van der Waals surface area contributed by atoms with Gasteiger partial charge in [0.2, 0.25) is 0 Å². The van der Waals surface area contributed by atoms with Gasteiger partial charge in [-0.05, 0) is 43.4 Å². The molecule has 0 aliphatic heterocycles. The van der Waals surface area contributed by atoms with Crippen LogP contribution < -0.4 is 5.32 Å². The fourth-order valence-electron chi connectivity index (χ4n) is 2.21. The second-order valence-electron chi connectivity index (χ2n) is 5.32. The van der Waals surface area contributed by atoms with Crippen LogP contribution in [0.3, 0.4) is 0 Å². The van der Waals surface area contributed by atoms with Gasteiger partial charge in [-0.2, -0.15) is 5.26 Å². The van der Waals surface area contributed by atoms with Gasteiger partial charge in [0, 0.05) is 25.7 Å². The van der Waals surface area contributed by atoms with Gasteiger partial charge in [0.15, 0.2) is 0 Å². The van der Waals surface area contributed by atoms with Gasteiger partial charge in [0.1, 0.15) is 0 Å². The Balaban J connectivity index is 1.82. The fourth-order valence-corrected chi connectivity index (χ4v) is 2.21. The topological polar surface area (TPSA) is 76.4 Å². The average Bonchev–Trinajstić information content (AvgIpc) is 3.34. The molecule has 2 rings (SSSR count). The number of amides is 2. The number of nitriles is 1. The summed E-state index contributed by atoms with van der Waals surface area (Å²) in [5, 5.41) is 20.5. The summed E-state index contributed by atoms with van der Waals surface area (Å²) in [6.07, 6.45) is 3.70. The van der Waals surface area contributed by atoms with Crippen LogP contribution in [0.2, 0.25) is 0 Å². The van der Waals surface area contributed by atoms with E-state index in [2.05, 4.69) is 11.4 Å². The molecule has 1 aromatic carbocycles. The number of nitrogens with zero attached hydrogens (tertiary/aromatic N) is 2. The standard InChI is InChI=1S/C16H21N3O2/c17-11-13-3-5-14(6-4-13)12-18-16(21)19(15-7-8-15)9-1-2-10-20/h3-6,15,20H,1-2,7-10,12H2,(H,18,21). The molecule has 0 saturated heterocycles. The monoisotopic (exact) mass is 287 g/mol. The Morgan fingerprint density at radius 3 is 2.62 bits per heavy atom. The summed E-state index contributed by atoms with van der Waals surface area (Å²) in [7, 11) is 0. The van der Waals surface area contributed by atoms with Crippen LogP contribution in [0, 0.1) is 11.3 Å². The summed E-state index contributed by atoms with van der Waals surface area (Å²) < 4.78 is 0. The van der Waals surface area contributed by atoms with Crippen molar-refractivity contribution >= 4 is 6.03 Å². The van der Waals surface area contributed by atoms with E-state index >= 15 is 0 Å². The van der Waals surface area contributed by atoms with Gasteiger partial charge in [-0.3, -0.25) is 0 Å². The molecule has 0 atom stereocenters. The first-order chi connectivity index (χ1) is 10.2. The lowest BCUT2D eigenvalue weighted by Gasteiger charge is -2.22. The zero-order valence-corrected chi connectivity index (χ0v) is 12.1. The van der Waals surface area contributed by atoms with Crippen LogP contribution in [-0.2, 0) is 6.54 Å². The lowest BCUT2D eigenvalue weighted by molar-refractivity contribution is 0.190. The van der Waals surface area contributed by atoms with Crippen molar-refractivity contribution in [1.29, 1.82) is 5.26 Å². The van der Waals surface area contributed by atoms with Crippen LogP contribution in [0.4, 0.5) is 4.79 Å². The van der Waals surface area contributed by atoms with E-state index in [9.17, 15) is 4.79 Å². The van der Waals surface area contributed by atoms with Crippen LogP contribution in [0.5, 0.6) is 0 Å². The maximum atomic E-state index is 12.2. The number of hydrogen-bond donors (Lipinski definition) is 2. The van der Waals surface area contributed by atoms with Gasteiger partial charge >= 0.3 is 6.03 Å². The van der Waals surface area contributed by atoms with Crippen LogP contribution >= 0.6 is 0 Å². The largest absolute Gasteiger partial charge is 0.396 e. The molecule has 2 amide bonds. The average molecular weight is 287 g/mol. The SMILES string of the molecule is N#Cc1ccc(CNC(=O)N(CCCCO)C2CC2)cc1. The molecule has 21 heavy (non-hydrogen) atoms. The molecule has 0 radical (unpaired) electrons. The lowest BCUT2D eigenvalue weighted by atomic mass is 10.1. The van der Waals surface area contributed by atoms with Gasteiger partial charge in [0.05, 0.1) is 11.6 Å². The number of unbranched alkanes of at least 4 members (excludes halogenated alkanes) is 1. The van der Waals surface area contributed by atoms with Crippen molar-refractivity contribution in [2.75, 3.05) is 13.2 Å². The van der Waals surface area contributed by atoms with Crippen LogP contribution in [0.15, 0.2) is 24.3 Å². The Hall–Kier alpha value is -2.06. The number of benzene rings is 1. The maximum Gasteiger partial charge on any atom is 0.317 e. The predicted molar refractivity (Wildman–Crippen MR) is 79.4 cm³/mol. The number of aliphatic hydroxyl groups excluding tert-OH is 1. The molecule has 1 fully saturated rings. The van der Waals surface area contributed by atoms with Crippen molar-refractivity contribution in [2.24, 2.45) is 0 Å². The molecule has 5 heteroatoms.